The molecule has 0 aliphatic rings. The van der Waals surface area contributed by atoms with Crippen LogP contribution in [0.25, 0.3) is 0 Å². The molecule has 2 aromatic carbocycles. The van der Waals surface area contributed by atoms with Gasteiger partial charge in [0.2, 0.25) is 5.91 Å². The minimum Gasteiger partial charge on any atom is -0.356 e. The van der Waals surface area contributed by atoms with Crippen LogP contribution in [0.2, 0.25) is 10.0 Å². The summed E-state index contributed by atoms with van der Waals surface area (Å²) in [4.78, 5) is 30.0. The van der Waals surface area contributed by atoms with Crippen LogP contribution in [-0.2, 0) is 30.1 Å². The van der Waals surface area contributed by atoms with Crippen molar-refractivity contribution in [2.75, 3.05) is 12.3 Å². The van der Waals surface area contributed by atoms with Gasteiger partial charge in [0.1, 0.15) is 0 Å². The van der Waals surface area contributed by atoms with Crippen molar-refractivity contribution in [1.29, 1.82) is 0 Å². The summed E-state index contributed by atoms with van der Waals surface area (Å²) in [5.74, 6) is 0.695. The molecular formula is C29H35Cl2N3O2S. The van der Waals surface area contributed by atoms with Crippen LogP contribution in [0.1, 0.15) is 61.6 Å². The second-order valence-electron chi connectivity index (χ2n) is 10.2. The number of aryl methyl sites for hydroxylation is 1. The standard InChI is InChI=1S/C29H35Cl2N3O2S/c1-19-24(17-20-8-11-22(12-9-20)29(2,3)4)27(36)34(5)28(33-19)37-16-6-7-26(35)32-15-14-21-10-13-23(30)18-25(21)31/h8-13,18H,6-7,14-17H2,1-5H3,(H,32,35). The van der Waals surface area contributed by atoms with Gasteiger partial charge in [0, 0.05) is 53.5 Å². The van der Waals surface area contributed by atoms with Gasteiger partial charge in [-0.3, -0.25) is 14.2 Å². The minimum absolute atomic E-state index is 0.00320. The number of aromatic nitrogens is 2. The number of thioether (sulfide) groups is 1. The fourth-order valence-electron chi connectivity index (χ4n) is 3.93. The Morgan fingerprint density at radius 2 is 1.81 bits per heavy atom. The van der Waals surface area contributed by atoms with Crippen LogP contribution in [0.5, 0.6) is 0 Å². The molecule has 0 radical (unpaired) electrons. The monoisotopic (exact) mass is 559 g/mol. The molecule has 0 aliphatic heterocycles. The summed E-state index contributed by atoms with van der Waals surface area (Å²) >= 11 is 13.6. The van der Waals surface area contributed by atoms with E-state index < -0.39 is 0 Å². The Hall–Kier alpha value is -2.28. The van der Waals surface area contributed by atoms with E-state index in [2.05, 4.69) is 50.4 Å². The summed E-state index contributed by atoms with van der Waals surface area (Å²) in [5.41, 5.74) is 4.87. The Kier molecular flexibility index (Phi) is 10.3. The van der Waals surface area contributed by atoms with Gasteiger partial charge in [0.25, 0.3) is 5.56 Å². The molecule has 8 heteroatoms. The smallest absolute Gasteiger partial charge is 0.257 e. The number of hydrogen-bond donors (Lipinski definition) is 1. The summed E-state index contributed by atoms with van der Waals surface area (Å²) in [5, 5.41) is 4.81. The highest BCUT2D eigenvalue weighted by Crippen LogP contribution is 2.24. The Labute approximate surface area is 234 Å². The molecule has 198 valence electrons. The van der Waals surface area contributed by atoms with E-state index in [0.717, 1.165) is 22.4 Å². The first kappa shape index (κ1) is 29.3. The largest absolute Gasteiger partial charge is 0.356 e. The fraction of sp³-hybridized carbons (Fsp3) is 0.414. The van der Waals surface area contributed by atoms with Crippen LogP contribution in [-0.4, -0.2) is 27.8 Å². The van der Waals surface area contributed by atoms with Gasteiger partial charge >= 0.3 is 0 Å². The van der Waals surface area contributed by atoms with Crippen molar-refractivity contribution in [3.8, 4) is 0 Å². The van der Waals surface area contributed by atoms with Crippen LogP contribution >= 0.6 is 35.0 Å². The number of benzene rings is 2. The second-order valence-corrected chi connectivity index (χ2v) is 12.1. The predicted octanol–water partition coefficient (Wildman–Crippen LogP) is 6.52. The van der Waals surface area contributed by atoms with Crippen molar-refractivity contribution in [3.05, 3.63) is 90.8 Å². The SMILES string of the molecule is Cc1nc(SCCCC(=O)NCCc2ccc(Cl)cc2Cl)n(C)c(=O)c1Cc1ccc(C(C)(C)C)cc1. The van der Waals surface area contributed by atoms with Crippen LogP contribution in [0.4, 0.5) is 0 Å². The van der Waals surface area contributed by atoms with E-state index in [1.807, 2.05) is 13.0 Å². The maximum atomic E-state index is 13.1. The first-order chi connectivity index (χ1) is 17.5. The number of amides is 1. The third kappa shape index (κ3) is 8.36. The first-order valence-corrected chi connectivity index (χ1v) is 14.2. The van der Waals surface area contributed by atoms with Crippen molar-refractivity contribution in [3.63, 3.8) is 0 Å². The highest BCUT2D eigenvalue weighted by Gasteiger charge is 2.16. The number of carbonyl (C=O) groups is 1. The maximum Gasteiger partial charge on any atom is 0.257 e. The summed E-state index contributed by atoms with van der Waals surface area (Å²) < 4.78 is 1.62. The van der Waals surface area contributed by atoms with Crippen molar-refractivity contribution in [2.24, 2.45) is 7.05 Å². The van der Waals surface area contributed by atoms with Crippen LogP contribution in [0.3, 0.4) is 0 Å². The third-order valence-electron chi connectivity index (χ3n) is 6.26. The van der Waals surface area contributed by atoms with E-state index in [1.54, 1.807) is 23.7 Å². The van der Waals surface area contributed by atoms with Gasteiger partial charge in [-0.1, -0.05) is 86.1 Å². The molecule has 0 aliphatic carbocycles. The van der Waals surface area contributed by atoms with Gasteiger partial charge in [0.15, 0.2) is 5.16 Å². The van der Waals surface area contributed by atoms with Crippen LogP contribution in [0.15, 0.2) is 52.4 Å². The van der Waals surface area contributed by atoms with Crippen molar-refractivity contribution in [1.82, 2.24) is 14.9 Å². The molecule has 0 fully saturated rings. The Morgan fingerprint density at radius 3 is 2.46 bits per heavy atom. The van der Waals surface area contributed by atoms with Crippen molar-refractivity contribution >= 4 is 40.9 Å². The quantitative estimate of drug-likeness (QED) is 0.174. The van der Waals surface area contributed by atoms with Gasteiger partial charge in [-0.2, -0.15) is 0 Å². The number of nitrogens with zero attached hydrogens (tertiary/aromatic N) is 2. The predicted molar refractivity (Wildman–Crippen MR) is 155 cm³/mol. The fourth-order valence-corrected chi connectivity index (χ4v) is 5.39. The topological polar surface area (TPSA) is 64.0 Å². The van der Waals surface area contributed by atoms with Crippen LogP contribution < -0.4 is 10.9 Å². The number of halogens is 2. The second kappa shape index (κ2) is 13.0. The van der Waals surface area contributed by atoms with Gasteiger partial charge in [-0.15, -0.1) is 0 Å². The summed E-state index contributed by atoms with van der Waals surface area (Å²) in [6, 6.07) is 13.8. The van der Waals surface area contributed by atoms with Gasteiger partial charge in [0.05, 0.1) is 0 Å². The molecule has 0 unspecified atom stereocenters. The number of hydrogen-bond acceptors (Lipinski definition) is 4. The molecule has 0 spiro atoms. The molecule has 1 aromatic heterocycles. The number of nitrogens with one attached hydrogen (secondary N) is 1. The lowest BCUT2D eigenvalue weighted by molar-refractivity contribution is -0.121. The lowest BCUT2D eigenvalue weighted by Crippen LogP contribution is -2.26. The summed E-state index contributed by atoms with van der Waals surface area (Å²) in [6.45, 7) is 8.98. The molecule has 1 amide bonds. The highest BCUT2D eigenvalue weighted by molar-refractivity contribution is 7.99. The molecule has 1 N–H and O–H groups in total. The zero-order valence-electron chi connectivity index (χ0n) is 22.2. The first-order valence-electron chi connectivity index (χ1n) is 12.4. The lowest BCUT2D eigenvalue weighted by atomic mass is 9.86. The zero-order valence-corrected chi connectivity index (χ0v) is 24.5. The Morgan fingerprint density at radius 1 is 1.11 bits per heavy atom. The third-order valence-corrected chi connectivity index (χ3v) is 7.96. The number of rotatable bonds is 10. The average molecular weight is 561 g/mol. The molecule has 3 rings (SSSR count). The van der Waals surface area contributed by atoms with Gasteiger partial charge in [-0.05, 0) is 54.0 Å². The normalized spacial score (nSPS) is 11.5. The lowest BCUT2D eigenvalue weighted by Gasteiger charge is -2.19. The van der Waals surface area contributed by atoms with E-state index in [1.165, 1.54) is 17.3 Å². The summed E-state index contributed by atoms with van der Waals surface area (Å²) in [6.07, 6.45) is 2.31. The molecule has 0 bridgehead atoms. The van der Waals surface area contributed by atoms with Gasteiger partial charge in [-0.25, -0.2) is 4.98 Å². The molecule has 5 nitrogen and oxygen atoms in total. The van der Waals surface area contributed by atoms with Gasteiger partial charge < -0.3 is 5.32 Å². The van der Waals surface area contributed by atoms with E-state index in [0.29, 0.717) is 53.2 Å². The Bertz CT molecular complexity index is 1300. The van der Waals surface area contributed by atoms with Crippen LogP contribution in [0, 0.1) is 6.92 Å². The molecule has 0 atom stereocenters. The Balaban J connectivity index is 1.49. The average Bonchev–Trinajstić information content (AvgIpc) is 2.83. The van der Waals surface area contributed by atoms with Crippen molar-refractivity contribution < 1.29 is 4.79 Å². The highest BCUT2D eigenvalue weighted by atomic mass is 35.5. The molecule has 0 saturated heterocycles. The van der Waals surface area contributed by atoms with E-state index in [9.17, 15) is 9.59 Å². The van der Waals surface area contributed by atoms with Crippen molar-refractivity contribution in [2.45, 2.75) is 63.9 Å². The molecule has 3 aromatic rings. The van der Waals surface area contributed by atoms with E-state index in [4.69, 9.17) is 28.2 Å². The number of carbonyl (C=O) groups excluding carboxylic acids is 1. The summed E-state index contributed by atoms with van der Waals surface area (Å²) in [7, 11) is 1.76. The minimum atomic E-state index is -0.0199. The molecule has 0 saturated carbocycles. The maximum absolute atomic E-state index is 13.1. The van der Waals surface area contributed by atoms with E-state index >= 15 is 0 Å². The molecule has 1 heterocycles. The van der Waals surface area contributed by atoms with E-state index in [-0.39, 0.29) is 16.9 Å². The molecular weight excluding hydrogens is 525 g/mol. The zero-order chi connectivity index (χ0) is 27.2. The molecule has 37 heavy (non-hydrogen) atoms.